The van der Waals surface area contributed by atoms with Crippen molar-refractivity contribution >= 4 is 23.1 Å². The second kappa shape index (κ2) is 6.06. The molecule has 1 fully saturated rings. The highest BCUT2D eigenvalue weighted by molar-refractivity contribution is 7.99. The van der Waals surface area contributed by atoms with Crippen LogP contribution in [0.4, 0.5) is 11.4 Å². The third kappa shape index (κ3) is 3.14. The first kappa shape index (κ1) is 13.2. The summed E-state index contributed by atoms with van der Waals surface area (Å²) in [5, 5.41) is 11.6. The number of nitrogens with two attached hydrogens (primary N) is 1. The van der Waals surface area contributed by atoms with Crippen LogP contribution in [-0.2, 0) is 5.75 Å². The number of hydrogen-bond donors (Lipinski definition) is 2. The van der Waals surface area contributed by atoms with Crippen molar-refractivity contribution in [2.75, 3.05) is 5.43 Å². The van der Waals surface area contributed by atoms with Crippen molar-refractivity contribution in [2.24, 2.45) is 5.84 Å². The number of rotatable bonds is 5. The molecular weight excluding hydrogens is 250 g/mol. The normalized spacial score (nSPS) is 15.8. The van der Waals surface area contributed by atoms with Gasteiger partial charge in [-0.15, -0.1) is 0 Å². The second-order valence-electron chi connectivity index (χ2n) is 4.47. The van der Waals surface area contributed by atoms with E-state index in [1.54, 1.807) is 12.1 Å². The first-order valence-corrected chi connectivity index (χ1v) is 7.11. The highest BCUT2D eigenvalue weighted by Crippen LogP contribution is 2.33. The van der Waals surface area contributed by atoms with Gasteiger partial charge in [-0.05, 0) is 24.5 Å². The summed E-state index contributed by atoms with van der Waals surface area (Å²) in [6, 6.07) is 5.17. The molecular formula is C12H17N3O2S. The molecule has 2 rings (SSSR count). The Balaban J connectivity index is 2.04. The van der Waals surface area contributed by atoms with Crippen molar-refractivity contribution in [1.29, 1.82) is 0 Å². The Morgan fingerprint density at radius 3 is 2.78 bits per heavy atom. The molecule has 1 aliphatic carbocycles. The average molecular weight is 267 g/mol. The maximum atomic E-state index is 10.9. The molecule has 5 nitrogen and oxygen atoms in total. The zero-order valence-electron chi connectivity index (χ0n) is 10.1. The summed E-state index contributed by atoms with van der Waals surface area (Å²) in [6.07, 6.45) is 5.17. The number of anilines is 1. The van der Waals surface area contributed by atoms with Gasteiger partial charge in [-0.25, -0.2) is 0 Å². The van der Waals surface area contributed by atoms with Gasteiger partial charge in [0.2, 0.25) is 0 Å². The molecule has 0 bridgehead atoms. The molecule has 0 aliphatic heterocycles. The van der Waals surface area contributed by atoms with E-state index >= 15 is 0 Å². The van der Waals surface area contributed by atoms with Gasteiger partial charge >= 0.3 is 0 Å². The Bertz CT molecular complexity index is 433. The fourth-order valence-electron chi connectivity index (χ4n) is 2.21. The van der Waals surface area contributed by atoms with Gasteiger partial charge in [0.25, 0.3) is 5.69 Å². The first-order valence-electron chi connectivity index (χ1n) is 6.06. The van der Waals surface area contributed by atoms with Crippen molar-refractivity contribution in [3.63, 3.8) is 0 Å². The number of hydrogen-bond acceptors (Lipinski definition) is 5. The summed E-state index contributed by atoms with van der Waals surface area (Å²) >= 11 is 1.90. The van der Waals surface area contributed by atoms with Gasteiger partial charge in [-0.1, -0.05) is 18.9 Å². The molecule has 1 aliphatic rings. The highest BCUT2D eigenvalue weighted by atomic mass is 32.2. The van der Waals surface area contributed by atoms with Crippen LogP contribution in [0.3, 0.4) is 0 Å². The van der Waals surface area contributed by atoms with Crippen LogP contribution in [0.15, 0.2) is 18.2 Å². The van der Waals surface area contributed by atoms with E-state index in [0.717, 1.165) is 16.6 Å². The fourth-order valence-corrected chi connectivity index (χ4v) is 3.48. The lowest BCUT2D eigenvalue weighted by Gasteiger charge is -2.09. The number of thioether (sulfide) groups is 1. The maximum absolute atomic E-state index is 10.9. The largest absolute Gasteiger partial charge is 0.318 e. The molecule has 0 atom stereocenters. The summed E-state index contributed by atoms with van der Waals surface area (Å²) in [5.74, 6) is 6.08. The number of benzene rings is 1. The molecule has 3 N–H and O–H groups in total. The Morgan fingerprint density at radius 2 is 2.17 bits per heavy atom. The van der Waals surface area contributed by atoms with Crippen LogP contribution in [0.2, 0.25) is 0 Å². The molecule has 98 valence electrons. The summed E-state index contributed by atoms with van der Waals surface area (Å²) < 4.78 is 0. The van der Waals surface area contributed by atoms with Crippen LogP contribution >= 0.6 is 11.8 Å². The third-order valence-electron chi connectivity index (χ3n) is 3.20. The Labute approximate surface area is 110 Å². The molecule has 0 spiro atoms. The molecule has 0 unspecified atom stereocenters. The number of hydrazine groups is 1. The quantitative estimate of drug-likeness (QED) is 0.487. The molecule has 0 aromatic heterocycles. The minimum atomic E-state index is -0.404. The Morgan fingerprint density at radius 1 is 1.44 bits per heavy atom. The molecule has 1 saturated carbocycles. The molecule has 0 amide bonds. The van der Waals surface area contributed by atoms with Crippen molar-refractivity contribution in [3.8, 4) is 0 Å². The van der Waals surface area contributed by atoms with E-state index in [0.29, 0.717) is 5.69 Å². The lowest BCUT2D eigenvalue weighted by molar-refractivity contribution is -0.384. The van der Waals surface area contributed by atoms with Gasteiger partial charge in [0.05, 0.1) is 4.92 Å². The van der Waals surface area contributed by atoms with Crippen LogP contribution in [0.25, 0.3) is 0 Å². The summed E-state index contributed by atoms with van der Waals surface area (Å²) in [7, 11) is 0. The van der Waals surface area contributed by atoms with Crippen LogP contribution in [0, 0.1) is 10.1 Å². The van der Waals surface area contributed by atoms with E-state index in [4.69, 9.17) is 5.84 Å². The van der Waals surface area contributed by atoms with Gasteiger partial charge < -0.3 is 5.43 Å². The standard InChI is InChI=1S/C12H17N3O2S/c13-14-11-6-5-9(7-12(11)15(16)17)8-18-10-3-1-2-4-10/h5-7,10,14H,1-4,8,13H2. The van der Waals surface area contributed by atoms with Crippen molar-refractivity contribution in [2.45, 2.75) is 36.7 Å². The predicted molar refractivity (Wildman–Crippen MR) is 74.5 cm³/mol. The van der Waals surface area contributed by atoms with E-state index in [2.05, 4.69) is 5.43 Å². The van der Waals surface area contributed by atoms with Gasteiger partial charge in [-0.2, -0.15) is 11.8 Å². The Kier molecular flexibility index (Phi) is 4.43. The molecule has 18 heavy (non-hydrogen) atoms. The van der Waals surface area contributed by atoms with Crippen LogP contribution < -0.4 is 11.3 Å². The van der Waals surface area contributed by atoms with Crippen molar-refractivity contribution < 1.29 is 4.92 Å². The van der Waals surface area contributed by atoms with E-state index < -0.39 is 4.92 Å². The molecule has 1 aromatic carbocycles. The Hall–Kier alpha value is -1.27. The predicted octanol–water partition coefficient (Wildman–Crippen LogP) is 3.06. The highest BCUT2D eigenvalue weighted by Gasteiger charge is 2.17. The minimum Gasteiger partial charge on any atom is -0.318 e. The monoisotopic (exact) mass is 267 g/mol. The minimum absolute atomic E-state index is 0.0435. The van der Waals surface area contributed by atoms with Gasteiger partial charge in [0.15, 0.2) is 0 Å². The lowest BCUT2D eigenvalue weighted by Crippen LogP contribution is -2.09. The average Bonchev–Trinajstić information content (AvgIpc) is 2.89. The van der Waals surface area contributed by atoms with Gasteiger partial charge in [-0.3, -0.25) is 16.0 Å². The SMILES string of the molecule is NNc1ccc(CSC2CCCC2)cc1[N+](=O)[O-]. The van der Waals surface area contributed by atoms with Crippen molar-refractivity contribution in [3.05, 3.63) is 33.9 Å². The zero-order chi connectivity index (χ0) is 13.0. The summed E-state index contributed by atoms with van der Waals surface area (Å²) in [4.78, 5) is 10.5. The van der Waals surface area contributed by atoms with E-state index in [9.17, 15) is 10.1 Å². The van der Waals surface area contributed by atoms with E-state index in [1.165, 1.54) is 25.7 Å². The molecule has 6 heteroatoms. The summed E-state index contributed by atoms with van der Waals surface area (Å²) in [5.41, 5.74) is 3.74. The van der Waals surface area contributed by atoms with Gasteiger partial charge in [0.1, 0.15) is 5.69 Å². The zero-order valence-corrected chi connectivity index (χ0v) is 10.9. The summed E-state index contributed by atoms with van der Waals surface area (Å²) in [6.45, 7) is 0. The van der Waals surface area contributed by atoms with Crippen LogP contribution in [-0.4, -0.2) is 10.2 Å². The van der Waals surface area contributed by atoms with Crippen LogP contribution in [0.5, 0.6) is 0 Å². The number of nitrogens with one attached hydrogen (secondary N) is 1. The van der Waals surface area contributed by atoms with E-state index in [1.807, 2.05) is 17.8 Å². The second-order valence-corrected chi connectivity index (χ2v) is 5.76. The number of nitrogens with zero attached hydrogens (tertiary/aromatic N) is 1. The molecule has 0 heterocycles. The molecule has 0 saturated heterocycles. The maximum Gasteiger partial charge on any atom is 0.293 e. The number of nitrogen functional groups attached to an aromatic ring is 1. The van der Waals surface area contributed by atoms with Gasteiger partial charge in [0, 0.05) is 17.1 Å². The molecule has 0 radical (unpaired) electrons. The topological polar surface area (TPSA) is 81.2 Å². The number of nitro benzene ring substituents is 1. The van der Waals surface area contributed by atoms with Crippen LogP contribution in [0.1, 0.15) is 31.2 Å². The molecule has 1 aromatic rings. The number of nitro groups is 1. The van der Waals surface area contributed by atoms with Crippen molar-refractivity contribution in [1.82, 2.24) is 0 Å². The first-order chi connectivity index (χ1) is 8.70. The fraction of sp³-hybridized carbons (Fsp3) is 0.500. The third-order valence-corrected chi connectivity index (χ3v) is 4.65. The van der Waals surface area contributed by atoms with E-state index in [-0.39, 0.29) is 5.69 Å². The smallest absolute Gasteiger partial charge is 0.293 e. The lowest BCUT2D eigenvalue weighted by atomic mass is 10.2.